The van der Waals surface area contributed by atoms with Gasteiger partial charge in [-0.15, -0.1) is 0 Å². The number of furan rings is 1. The van der Waals surface area contributed by atoms with E-state index in [0.29, 0.717) is 11.8 Å². The lowest BCUT2D eigenvalue weighted by Gasteiger charge is -2.10. The molecule has 0 unspecified atom stereocenters. The summed E-state index contributed by atoms with van der Waals surface area (Å²) in [6.45, 7) is 0. The molecule has 0 atom stereocenters. The van der Waals surface area contributed by atoms with E-state index in [9.17, 15) is 26.7 Å². The molecule has 0 amide bonds. The van der Waals surface area contributed by atoms with Gasteiger partial charge in [0.15, 0.2) is 12.0 Å². The summed E-state index contributed by atoms with van der Waals surface area (Å²) in [5, 5.41) is 0. The highest BCUT2D eigenvalue weighted by Crippen LogP contribution is 2.34. The SMILES string of the molecule is O=Cc1ccc(-c2cccc(Oc3c(F)c(F)c(F)c(F)c3F)c2)o1. The van der Waals surface area contributed by atoms with Crippen molar-refractivity contribution in [3.8, 4) is 22.8 Å². The van der Waals surface area contributed by atoms with Crippen molar-refractivity contribution in [2.24, 2.45) is 0 Å². The van der Waals surface area contributed by atoms with Crippen LogP contribution in [0.15, 0.2) is 40.8 Å². The number of ether oxygens (including phenoxy) is 1. The van der Waals surface area contributed by atoms with Gasteiger partial charge < -0.3 is 9.15 Å². The summed E-state index contributed by atoms with van der Waals surface area (Å²) in [5.74, 6) is -11.9. The van der Waals surface area contributed by atoms with Crippen LogP contribution < -0.4 is 4.74 Å². The summed E-state index contributed by atoms with van der Waals surface area (Å²) in [7, 11) is 0. The normalized spacial score (nSPS) is 10.8. The molecule has 0 aliphatic carbocycles. The smallest absolute Gasteiger partial charge is 0.207 e. The first-order valence-electron chi connectivity index (χ1n) is 6.77. The first kappa shape index (κ1) is 16.7. The fraction of sp³-hybridized carbons (Fsp3) is 0. The minimum absolute atomic E-state index is 0.0566. The molecular weight excluding hydrogens is 347 g/mol. The summed E-state index contributed by atoms with van der Waals surface area (Å²) in [4.78, 5) is 10.6. The Bertz CT molecular complexity index is 936. The molecule has 128 valence electrons. The molecule has 8 heteroatoms. The lowest BCUT2D eigenvalue weighted by Crippen LogP contribution is -2.04. The van der Waals surface area contributed by atoms with Crippen LogP contribution in [0.3, 0.4) is 0 Å². The molecule has 0 radical (unpaired) electrons. The second-order valence-electron chi connectivity index (χ2n) is 4.85. The third-order valence-corrected chi connectivity index (χ3v) is 3.25. The van der Waals surface area contributed by atoms with E-state index in [2.05, 4.69) is 0 Å². The van der Waals surface area contributed by atoms with Crippen molar-refractivity contribution >= 4 is 6.29 Å². The van der Waals surface area contributed by atoms with Crippen molar-refractivity contribution in [3.63, 3.8) is 0 Å². The van der Waals surface area contributed by atoms with Crippen LogP contribution >= 0.6 is 0 Å². The van der Waals surface area contributed by atoms with Crippen LogP contribution in [0.2, 0.25) is 0 Å². The van der Waals surface area contributed by atoms with Gasteiger partial charge in [0.2, 0.25) is 34.8 Å². The van der Waals surface area contributed by atoms with Gasteiger partial charge >= 0.3 is 0 Å². The minimum atomic E-state index is -2.27. The molecule has 3 aromatic rings. The molecule has 0 spiro atoms. The number of halogens is 5. The van der Waals surface area contributed by atoms with Crippen LogP contribution in [0.25, 0.3) is 11.3 Å². The van der Waals surface area contributed by atoms with E-state index >= 15 is 0 Å². The van der Waals surface area contributed by atoms with Crippen LogP contribution in [0.1, 0.15) is 10.6 Å². The zero-order valence-electron chi connectivity index (χ0n) is 12.2. The molecule has 0 aliphatic rings. The monoisotopic (exact) mass is 354 g/mol. The number of carbonyl (C=O) groups is 1. The Labute approximate surface area is 137 Å². The van der Waals surface area contributed by atoms with Gasteiger partial charge in [-0.25, -0.2) is 13.2 Å². The first-order valence-corrected chi connectivity index (χ1v) is 6.77. The van der Waals surface area contributed by atoms with E-state index in [4.69, 9.17) is 9.15 Å². The molecule has 0 fully saturated rings. The zero-order valence-corrected chi connectivity index (χ0v) is 12.2. The average Bonchev–Trinajstić information content (AvgIpc) is 3.11. The van der Waals surface area contributed by atoms with Crippen LogP contribution in [0.5, 0.6) is 11.5 Å². The summed E-state index contributed by atoms with van der Waals surface area (Å²) < 4.78 is 76.8. The number of hydrogen-bond acceptors (Lipinski definition) is 3. The minimum Gasteiger partial charge on any atom is -0.453 e. The maximum Gasteiger partial charge on any atom is 0.207 e. The van der Waals surface area contributed by atoms with Crippen molar-refractivity contribution in [1.29, 1.82) is 0 Å². The molecule has 3 rings (SSSR count). The van der Waals surface area contributed by atoms with E-state index < -0.39 is 34.8 Å². The maximum absolute atomic E-state index is 13.7. The van der Waals surface area contributed by atoms with E-state index in [1.165, 1.54) is 30.3 Å². The van der Waals surface area contributed by atoms with Gasteiger partial charge in [-0.05, 0) is 24.3 Å². The predicted octanol–water partition coefficient (Wildman–Crippen LogP) is 5.25. The van der Waals surface area contributed by atoms with Gasteiger partial charge in [-0.2, -0.15) is 8.78 Å². The van der Waals surface area contributed by atoms with E-state index in [1.54, 1.807) is 6.07 Å². The lowest BCUT2D eigenvalue weighted by atomic mass is 10.1. The highest BCUT2D eigenvalue weighted by molar-refractivity contribution is 5.73. The Hall–Kier alpha value is -3.16. The molecule has 1 heterocycles. The summed E-state index contributed by atoms with van der Waals surface area (Å²) in [6, 6.07) is 8.34. The Morgan fingerprint density at radius 3 is 2.08 bits per heavy atom. The molecule has 0 N–H and O–H groups in total. The standard InChI is InChI=1S/C17H7F5O3/c18-12-13(19)15(21)17(16(22)14(12)20)25-9-3-1-2-8(6-9)11-5-4-10(7-23)24-11/h1-7H. The van der Waals surface area contributed by atoms with E-state index in [-0.39, 0.29) is 17.3 Å². The zero-order chi connectivity index (χ0) is 18.1. The molecule has 0 aliphatic heterocycles. The fourth-order valence-corrected chi connectivity index (χ4v) is 2.08. The molecule has 0 bridgehead atoms. The van der Waals surface area contributed by atoms with Crippen LogP contribution in [0.4, 0.5) is 22.0 Å². The third-order valence-electron chi connectivity index (χ3n) is 3.25. The van der Waals surface area contributed by atoms with Crippen molar-refractivity contribution in [1.82, 2.24) is 0 Å². The van der Waals surface area contributed by atoms with Crippen molar-refractivity contribution < 1.29 is 35.9 Å². The largest absolute Gasteiger partial charge is 0.453 e. The highest BCUT2D eigenvalue weighted by atomic mass is 19.2. The molecule has 3 nitrogen and oxygen atoms in total. The number of benzene rings is 2. The average molecular weight is 354 g/mol. The second kappa shape index (κ2) is 6.39. The maximum atomic E-state index is 13.7. The van der Waals surface area contributed by atoms with Gasteiger partial charge in [0.1, 0.15) is 11.5 Å². The topological polar surface area (TPSA) is 39.4 Å². The van der Waals surface area contributed by atoms with Crippen LogP contribution in [-0.2, 0) is 0 Å². The molecule has 1 aromatic heterocycles. The van der Waals surface area contributed by atoms with Gasteiger partial charge in [-0.1, -0.05) is 12.1 Å². The molecule has 2 aromatic carbocycles. The first-order chi connectivity index (χ1) is 11.9. The van der Waals surface area contributed by atoms with Crippen LogP contribution in [0, 0.1) is 29.1 Å². The number of rotatable bonds is 4. The fourth-order valence-electron chi connectivity index (χ4n) is 2.08. The quantitative estimate of drug-likeness (QED) is 0.278. The Morgan fingerprint density at radius 2 is 1.48 bits per heavy atom. The van der Waals surface area contributed by atoms with Crippen LogP contribution in [-0.4, -0.2) is 6.29 Å². The van der Waals surface area contributed by atoms with E-state index in [1.807, 2.05) is 0 Å². The Kier molecular flexibility index (Phi) is 4.26. The van der Waals surface area contributed by atoms with Crippen molar-refractivity contribution in [2.75, 3.05) is 0 Å². The molecule has 0 saturated heterocycles. The van der Waals surface area contributed by atoms with Crippen molar-refractivity contribution in [2.45, 2.75) is 0 Å². The van der Waals surface area contributed by atoms with Gasteiger partial charge in [0.05, 0.1) is 0 Å². The lowest BCUT2D eigenvalue weighted by molar-refractivity contribution is 0.110. The number of hydrogen-bond donors (Lipinski definition) is 0. The summed E-state index contributed by atoms with van der Waals surface area (Å²) >= 11 is 0. The van der Waals surface area contributed by atoms with Gasteiger partial charge in [-0.3, -0.25) is 4.79 Å². The molecule has 25 heavy (non-hydrogen) atoms. The highest BCUT2D eigenvalue weighted by Gasteiger charge is 2.27. The number of carbonyl (C=O) groups excluding carboxylic acids is 1. The van der Waals surface area contributed by atoms with E-state index in [0.717, 1.165) is 0 Å². The Morgan fingerprint density at radius 1 is 0.840 bits per heavy atom. The summed E-state index contributed by atoms with van der Waals surface area (Å²) in [6.07, 6.45) is 0.485. The third kappa shape index (κ3) is 2.98. The summed E-state index contributed by atoms with van der Waals surface area (Å²) in [5.41, 5.74) is 0.370. The van der Waals surface area contributed by atoms with Gasteiger partial charge in [0.25, 0.3) is 0 Å². The molecular formula is C17H7F5O3. The number of aldehydes is 1. The van der Waals surface area contributed by atoms with Gasteiger partial charge in [0, 0.05) is 5.56 Å². The Balaban J connectivity index is 2.00. The second-order valence-corrected chi connectivity index (χ2v) is 4.85. The van der Waals surface area contributed by atoms with Crippen molar-refractivity contribution in [3.05, 3.63) is 71.2 Å². The molecule has 0 saturated carbocycles. The predicted molar refractivity (Wildman–Crippen MR) is 75.8 cm³/mol.